The summed E-state index contributed by atoms with van der Waals surface area (Å²) in [7, 11) is 1.61. The molecule has 0 radical (unpaired) electrons. The first kappa shape index (κ1) is 18.2. The first-order valence-corrected chi connectivity index (χ1v) is 9.85. The maximum atomic E-state index is 13.3. The quantitative estimate of drug-likeness (QED) is 0.719. The van der Waals surface area contributed by atoms with Crippen LogP contribution in [0.25, 0.3) is 0 Å². The van der Waals surface area contributed by atoms with E-state index in [1.165, 1.54) is 0 Å². The zero-order chi connectivity index (χ0) is 20.2. The lowest BCUT2D eigenvalue weighted by Crippen LogP contribution is -2.54. The van der Waals surface area contributed by atoms with Gasteiger partial charge in [-0.15, -0.1) is 0 Å². The third-order valence-corrected chi connectivity index (χ3v) is 6.32. The molecule has 8 nitrogen and oxygen atoms in total. The SMILES string of the molecule is COc1cccc(CN2C[C@]34C=C[C@H](O3)[C@@H](C(=O)N3CCNC(=O)C3)[C@H]4C2=O)c1. The van der Waals surface area contributed by atoms with Crippen molar-refractivity contribution >= 4 is 17.7 Å². The molecule has 3 saturated heterocycles. The van der Waals surface area contributed by atoms with Crippen molar-refractivity contribution in [3.05, 3.63) is 42.0 Å². The van der Waals surface area contributed by atoms with Gasteiger partial charge < -0.3 is 24.6 Å². The van der Waals surface area contributed by atoms with E-state index >= 15 is 0 Å². The molecule has 4 aliphatic rings. The zero-order valence-corrected chi connectivity index (χ0v) is 16.2. The Morgan fingerprint density at radius 1 is 1.38 bits per heavy atom. The van der Waals surface area contributed by atoms with Crippen LogP contribution >= 0.6 is 0 Å². The fourth-order valence-corrected chi connectivity index (χ4v) is 5.02. The van der Waals surface area contributed by atoms with E-state index in [-0.39, 0.29) is 24.3 Å². The van der Waals surface area contributed by atoms with E-state index in [2.05, 4.69) is 5.32 Å². The number of benzene rings is 1. The number of carbonyl (C=O) groups is 3. The van der Waals surface area contributed by atoms with Gasteiger partial charge in [0, 0.05) is 19.6 Å². The van der Waals surface area contributed by atoms with E-state index in [0.717, 1.165) is 11.3 Å². The largest absolute Gasteiger partial charge is 0.497 e. The van der Waals surface area contributed by atoms with E-state index in [9.17, 15) is 14.4 Å². The molecule has 0 aliphatic carbocycles. The smallest absolute Gasteiger partial charge is 0.239 e. The summed E-state index contributed by atoms with van der Waals surface area (Å²) in [6.07, 6.45) is 3.43. The van der Waals surface area contributed by atoms with Gasteiger partial charge in [0.1, 0.15) is 11.4 Å². The van der Waals surface area contributed by atoms with Gasteiger partial charge >= 0.3 is 0 Å². The minimum atomic E-state index is -0.751. The Balaban J connectivity index is 1.38. The minimum absolute atomic E-state index is 0.0349. The summed E-state index contributed by atoms with van der Waals surface area (Å²) in [6.45, 7) is 1.78. The highest BCUT2D eigenvalue weighted by atomic mass is 16.5. The van der Waals surface area contributed by atoms with Gasteiger partial charge in [-0.25, -0.2) is 0 Å². The van der Waals surface area contributed by atoms with Gasteiger partial charge in [0.05, 0.1) is 38.1 Å². The predicted octanol–water partition coefficient (Wildman–Crippen LogP) is -0.0644. The molecular formula is C21H23N3O5. The lowest BCUT2D eigenvalue weighted by molar-refractivity contribution is -0.146. The van der Waals surface area contributed by atoms with Crippen molar-refractivity contribution < 1.29 is 23.9 Å². The van der Waals surface area contributed by atoms with Crippen LogP contribution in [0.2, 0.25) is 0 Å². The summed E-state index contributed by atoms with van der Waals surface area (Å²) >= 11 is 0. The molecule has 0 aromatic heterocycles. The molecule has 8 heteroatoms. The van der Waals surface area contributed by atoms with Crippen LogP contribution in [0.1, 0.15) is 5.56 Å². The Hall–Kier alpha value is -2.87. The fourth-order valence-electron chi connectivity index (χ4n) is 5.02. The van der Waals surface area contributed by atoms with Crippen molar-refractivity contribution in [1.82, 2.24) is 15.1 Å². The number of amides is 3. The van der Waals surface area contributed by atoms with E-state index in [1.54, 1.807) is 16.9 Å². The number of ether oxygens (including phenoxy) is 2. The third-order valence-electron chi connectivity index (χ3n) is 6.32. The van der Waals surface area contributed by atoms with Crippen molar-refractivity contribution in [2.24, 2.45) is 11.8 Å². The van der Waals surface area contributed by atoms with Crippen LogP contribution in [-0.2, 0) is 25.7 Å². The van der Waals surface area contributed by atoms with Gasteiger partial charge in [0.2, 0.25) is 17.7 Å². The highest BCUT2D eigenvalue weighted by molar-refractivity contribution is 5.94. The summed E-state index contributed by atoms with van der Waals surface area (Å²) < 4.78 is 11.4. The Morgan fingerprint density at radius 2 is 2.24 bits per heavy atom. The average Bonchev–Trinajstić information content (AvgIpc) is 3.36. The second-order valence-electron chi connectivity index (χ2n) is 8.06. The van der Waals surface area contributed by atoms with Crippen molar-refractivity contribution in [3.8, 4) is 5.75 Å². The van der Waals surface area contributed by atoms with Crippen LogP contribution in [0.4, 0.5) is 0 Å². The predicted molar refractivity (Wildman–Crippen MR) is 102 cm³/mol. The molecule has 4 atom stereocenters. The number of rotatable bonds is 4. The number of methoxy groups -OCH3 is 1. The van der Waals surface area contributed by atoms with Gasteiger partial charge in [-0.3, -0.25) is 14.4 Å². The van der Waals surface area contributed by atoms with Crippen molar-refractivity contribution in [1.29, 1.82) is 0 Å². The fraction of sp³-hybridized carbons (Fsp3) is 0.476. The molecule has 1 N–H and O–H groups in total. The van der Waals surface area contributed by atoms with Crippen LogP contribution in [0.3, 0.4) is 0 Å². The second-order valence-corrected chi connectivity index (χ2v) is 8.06. The normalized spacial score (nSPS) is 32.5. The maximum Gasteiger partial charge on any atom is 0.239 e. The van der Waals surface area contributed by atoms with Crippen LogP contribution in [0.5, 0.6) is 5.75 Å². The number of hydrogen-bond donors (Lipinski definition) is 1. The van der Waals surface area contributed by atoms with Crippen molar-refractivity contribution in [2.45, 2.75) is 18.2 Å². The summed E-state index contributed by atoms with van der Waals surface area (Å²) in [5, 5.41) is 2.73. The number of fused-ring (bicyclic) bond motifs is 1. The molecule has 29 heavy (non-hydrogen) atoms. The zero-order valence-electron chi connectivity index (χ0n) is 16.2. The Kier molecular flexibility index (Phi) is 4.13. The molecule has 4 aliphatic heterocycles. The van der Waals surface area contributed by atoms with E-state index in [0.29, 0.717) is 26.2 Å². The van der Waals surface area contributed by atoms with E-state index < -0.39 is 23.5 Å². The third kappa shape index (κ3) is 2.81. The molecule has 1 spiro atoms. The molecule has 2 bridgehead atoms. The topological polar surface area (TPSA) is 88.2 Å². The summed E-state index contributed by atoms with van der Waals surface area (Å²) in [6, 6.07) is 7.61. The lowest BCUT2D eigenvalue weighted by atomic mass is 9.76. The molecule has 152 valence electrons. The van der Waals surface area contributed by atoms with Gasteiger partial charge in [0.25, 0.3) is 0 Å². The average molecular weight is 397 g/mol. The second kappa shape index (κ2) is 6.59. The first-order chi connectivity index (χ1) is 14.0. The molecular weight excluding hydrogens is 374 g/mol. The molecule has 3 fully saturated rings. The summed E-state index contributed by atoms with van der Waals surface area (Å²) in [5.41, 5.74) is 0.210. The van der Waals surface area contributed by atoms with Gasteiger partial charge in [-0.2, -0.15) is 0 Å². The van der Waals surface area contributed by atoms with E-state index in [4.69, 9.17) is 9.47 Å². The maximum absolute atomic E-state index is 13.3. The molecule has 5 rings (SSSR count). The Bertz CT molecular complexity index is 915. The number of hydrogen-bond acceptors (Lipinski definition) is 5. The molecule has 1 aromatic rings. The lowest BCUT2D eigenvalue weighted by Gasteiger charge is -2.32. The molecule has 0 unspecified atom stereocenters. The van der Waals surface area contributed by atoms with Crippen LogP contribution in [0, 0.1) is 11.8 Å². The van der Waals surface area contributed by atoms with Gasteiger partial charge in [0.15, 0.2) is 0 Å². The summed E-state index contributed by atoms with van der Waals surface area (Å²) in [4.78, 5) is 41.6. The molecule has 0 saturated carbocycles. The van der Waals surface area contributed by atoms with Crippen LogP contribution in [-0.4, -0.2) is 72.5 Å². The monoisotopic (exact) mass is 397 g/mol. The van der Waals surface area contributed by atoms with Gasteiger partial charge in [-0.1, -0.05) is 24.3 Å². The highest BCUT2D eigenvalue weighted by Crippen LogP contribution is 2.52. The summed E-state index contributed by atoms with van der Waals surface area (Å²) in [5.74, 6) is -0.788. The molecule has 4 heterocycles. The molecule has 1 aromatic carbocycles. The number of likely N-dealkylation sites (tertiary alicyclic amines) is 1. The number of nitrogens with zero attached hydrogens (tertiary/aromatic N) is 2. The first-order valence-electron chi connectivity index (χ1n) is 9.85. The highest BCUT2D eigenvalue weighted by Gasteiger charge is 2.67. The number of nitrogens with one attached hydrogen (secondary N) is 1. The molecule has 3 amide bonds. The van der Waals surface area contributed by atoms with Crippen molar-refractivity contribution in [2.75, 3.05) is 33.3 Å². The van der Waals surface area contributed by atoms with E-state index in [1.807, 2.05) is 36.4 Å². The number of piperazine rings is 1. The van der Waals surface area contributed by atoms with Gasteiger partial charge in [-0.05, 0) is 17.7 Å². The minimum Gasteiger partial charge on any atom is -0.497 e. The standard InChI is InChI=1S/C21H23N3O5/c1-28-14-4-2-3-13(9-14)10-24-12-21-6-5-15(29-21)17(18(21)20(24)27)19(26)23-8-7-22-16(25)11-23/h2-6,9,15,17-18H,7-8,10-12H2,1H3,(H,22,25)/t15-,17+,18-,21-/m0/s1. The Labute approximate surface area is 168 Å². The van der Waals surface area contributed by atoms with Crippen LogP contribution < -0.4 is 10.1 Å². The Morgan fingerprint density at radius 3 is 3.03 bits per heavy atom. The number of carbonyl (C=O) groups excluding carboxylic acids is 3. The van der Waals surface area contributed by atoms with Crippen molar-refractivity contribution in [3.63, 3.8) is 0 Å². The van der Waals surface area contributed by atoms with Crippen LogP contribution in [0.15, 0.2) is 36.4 Å².